The Morgan fingerprint density at radius 3 is 2.46 bits per heavy atom. The lowest BCUT2D eigenvalue weighted by molar-refractivity contribution is -0.155. The van der Waals surface area contributed by atoms with E-state index in [4.69, 9.17) is 4.74 Å². The molecule has 0 saturated carbocycles. The molecule has 140 valence electrons. The second-order valence-electron chi connectivity index (χ2n) is 6.78. The Hall–Kier alpha value is -1.25. The van der Waals surface area contributed by atoms with Crippen LogP contribution in [0.2, 0.25) is 0 Å². The van der Waals surface area contributed by atoms with Crippen molar-refractivity contribution in [3.05, 3.63) is 11.8 Å². The normalized spacial score (nSPS) is 20.1. The van der Waals surface area contributed by atoms with Crippen LogP contribution in [0.25, 0.3) is 0 Å². The molecule has 0 radical (unpaired) electrons. The van der Waals surface area contributed by atoms with Gasteiger partial charge in [0.1, 0.15) is 11.4 Å². The third-order valence-corrected chi connectivity index (χ3v) is 4.36. The summed E-state index contributed by atoms with van der Waals surface area (Å²) < 4.78 is 68.8. The molecular weight excluding hydrogens is 349 g/mol. The predicted octanol–water partition coefficient (Wildman–Crippen LogP) is 4.05. The van der Waals surface area contributed by atoms with Crippen LogP contribution in [0.1, 0.15) is 59.3 Å². The highest BCUT2D eigenvalue weighted by Gasteiger charge is 2.48. The number of hydrogen-bond acceptors (Lipinski definition) is 5. The van der Waals surface area contributed by atoms with Gasteiger partial charge < -0.3 is 8.92 Å². The summed E-state index contributed by atoms with van der Waals surface area (Å²) in [4.78, 5) is 11.7. The number of ether oxygens (including phenoxy) is 1. The minimum absolute atomic E-state index is 0.0537. The van der Waals surface area contributed by atoms with Crippen LogP contribution in [0.4, 0.5) is 13.2 Å². The number of hydrogen-bond donors (Lipinski definition) is 0. The summed E-state index contributed by atoms with van der Waals surface area (Å²) in [6, 6.07) is 0. The molecule has 0 aromatic carbocycles. The summed E-state index contributed by atoms with van der Waals surface area (Å²) in [6.45, 7) is 5.23. The lowest BCUT2D eigenvalue weighted by atomic mass is 9.95. The highest BCUT2D eigenvalue weighted by atomic mass is 32.2. The average Bonchev–Trinajstić information content (AvgIpc) is 2.57. The fraction of sp³-hybridized carbons (Fsp3) is 0.800. The van der Waals surface area contributed by atoms with Crippen LogP contribution < -0.4 is 0 Å². The van der Waals surface area contributed by atoms with E-state index < -0.39 is 21.2 Å². The topological polar surface area (TPSA) is 69.7 Å². The number of carbonyl (C=O) groups excluding carboxylic acids is 1. The van der Waals surface area contributed by atoms with E-state index >= 15 is 0 Å². The van der Waals surface area contributed by atoms with Crippen LogP contribution in [0, 0.1) is 5.92 Å². The van der Waals surface area contributed by atoms with Gasteiger partial charge in [-0.2, -0.15) is 21.6 Å². The van der Waals surface area contributed by atoms with Crippen LogP contribution in [-0.4, -0.2) is 25.5 Å². The number of allylic oxidation sites excluding steroid dienone is 2. The van der Waals surface area contributed by atoms with Crippen molar-refractivity contribution in [2.45, 2.75) is 70.4 Å². The first-order valence-electron chi connectivity index (χ1n) is 7.72. The number of halogens is 3. The van der Waals surface area contributed by atoms with E-state index in [0.717, 1.165) is 0 Å². The van der Waals surface area contributed by atoms with Crippen molar-refractivity contribution >= 4 is 16.1 Å². The van der Waals surface area contributed by atoms with Gasteiger partial charge in [0.2, 0.25) is 0 Å². The molecule has 1 unspecified atom stereocenters. The molecule has 1 atom stereocenters. The van der Waals surface area contributed by atoms with Gasteiger partial charge >= 0.3 is 21.6 Å². The molecule has 0 heterocycles. The van der Waals surface area contributed by atoms with Gasteiger partial charge in [0, 0.05) is 12.8 Å². The van der Waals surface area contributed by atoms with Crippen molar-refractivity contribution in [3.63, 3.8) is 0 Å². The zero-order valence-electron chi connectivity index (χ0n) is 14.0. The standard InChI is InChI=1S/C15H23F3O5S/c1-14(2,3)22-13(19)9-8-11-6-4-5-7-12(10-11)23-24(20,21)15(16,17)18/h7,11H,4-6,8-10H2,1-3H3. The van der Waals surface area contributed by atoms with E-state index in [2.05, 4.69) is 4.18 Å². The minimum atomic E-state index is -5.65. The van der Waals surface area contributed by atoms with E-state index in [1.54, 1.807) is 20.8 Å². The first kappa shape index (κ1) is 20.8. The van der Waals surface area contributed by atoms with Gasteiger partial charge in [-0.25, -0.2) is 0 Å². The monoisotopic (exact) mass is 372 g/mol. The summed E-state index contributed by atoms with van der Waals surface area (Å²) in [5.41, 5.74) is -6.05. The predicted molar refractivity (Wildman–Crippen MR) is 81.2 cm³/mol. The molecule has 0 aromatic rings. The van der Waals surface area contributed by atoms with E-state index in [1.165, 1.54) is 6.08 Å². The zero-order valence-corrected chi connectivity index (χ0v) is 14.8. The quantitative estimate of drug-likeness (QED) is 0.414. The summed E-state index contributed by atoms with van der Waals surface area (Å²) in [5.74, 6) is -0.727. The lowest BCUT2D eigenvalue weighted by Crippen LogP contribution is -2.26. The molecule has 0 amide bonds. The fourth-order valence-corrected chi connectivity index (χ4v) is 2.87. The molecule has 5 nitrogen and oxygen atoms in total. The van der Waals surface area contributed by atoms with Crippen LogP contribution in [0.5, 0.6) is 0 Å². The van der Waals surface area contributed by atoms with E-state index in [9.17, 15) is 26.4 Å². The molecule has 1 aliphatic rings. The van der Waals surface area contributed by atoms with Gasteiger partial charge in [0.25, 0.3) is 0 Å². The molecule has 9 heteroatoms. The Balaban J connectivity index is 2.61. The summed E-state index contributed by atoms with van der Waals surface area (Å²) >= 11 is 0. The molecule has 0 aromatic heterocycles. The smallest absolute Gasteiger partial charge is 0.460 e. The highest BCUT2D eigenvalue weighted by Crippen LogP contribution is 2.32. The van der Waals surface area contributed by atoms with Crippen molar-refractivity contribution in [1.29, 1.82) is 0 Å². The average molecular weight is 372 g/mol. The summed E-state index contributed by atoms with van der Waals surface area (Å²) in [6.07, 6.45) is 3.76. The summed E-state index contributed by atoms with van der Waals surface area (Å²) in [7, 11) is -5.65. The maximum atomic E-state index is 12.4. The Morgan fingerprint density at radius 1 is 1.29 bits per heavy atom. The largest absolute Gasteiger partial charge is 0.534 e. The molecule has 0 spiro atoms. The molecule has 0 saturated heterocycles. The van der Waals surface area contributed by atoms with Crippen LogP contribution in [0.15, 0.2) is 11.8 Å². The van der Waals surface area contributed by atoms with E-state index in [0.29, 0.717) is 25.7 Å². The number of alkyl halides is 3. The second-order valence-corrected chi connectivity index (χ2v) is 8.32. The number of carbonyl (C=O) groups is 1. The van der Waals surface area contributed by atoms with Crippen LogP contribution in [-0.2, 0) is 23.8 Å². The van der Waals surface area contributed by atoms with Gasteiger partial charge in [-0.1, -0.05) is 0 Å². The first-order chi connectivity index (χ1) is 10.8. The second kappa shape index (κ2) is 7.76. The van der Waals surface area contributed by atoms with Crippen molar-refractivity contribution in [3.8, 4) is 0 Å². The fourth-order valence-electron chi connectivity index (χ4n) is 2.36. The third-order valence-electron chi connectivity index (χ3n) is 3.36. The maximum Gasteiger partial charge on any atom is 0.534 e. The first-order valence-corrected chi connectivity index (χ1v) is 9.12. The zero-order chi connectivity index (χ0) is 18.6. The SMILES string of the molecule is CC(C)(C)OC(=O)CCC1CCCC=C(OS(=O)(=O)C(F)(F)F)C1. The Bertz CT molecular complexity index is 573. The third kappa shape index (κ3) is 7.11. The van der Waals surface area contributed by atoms with Crippen molar-refractivity contribution in [2.75, 3.05) is 0 Å². The number of rotatable bonds is 5. The van der Waals surface area contributed by atoms with Gasteiger partial charge in [0.15, 0.2) is 0 Å². The maximum absolute atomic E-state index is 12.4. The Morgan fingerprint density at radius 2 is 1.92 bits per heavy atom. The molecule has 24 heavy (non-hydrogen) atoms. The molecular formula is C15H23F3O5S. The Labute approximate surface area is 140 Å². The van der Waals surface area contributed by atoms with Gasteiger partial charge in [0.05, 0.1) is 0 Å². The van der Waals surface area contributed by atoms with Gasteiger partial charge in [-0.05, 0) is 58.4 Å². The number of esters is 1. The van der Waals surface area contributed by atoms with Crippen molar-refractivity contribution in [1.82, 2.24) is 0 Å². The Kier molecular flexibility index (Phi) is 6.72. The minimum Gasteiger partial charge on any atom is -0.460 e. The molecule has 0 bridgehead atoms. The van der Waals surface area contributed by atoms with Gasteiger partial charge in [-0.15, -0.1) is 0 Å². The van der Waals surface area contributed by atoms with Crippen LogP contribution >= 0.6 is 0 Å². The summed E-state index contributed by atoms with van der Waals surface area (Å²) in [5, 5.41) is 0. The lowest BCUT2D eigenvalue weighted by Gasteiger charge is -2.21. The molecule has 1 rings (SSSR count). The molecule has 1 aliphatic carbocycles. The van der Waals surface area contributed by atoms with E-state index in [-0.39, 0.29) is 30.5 Å². The van der Waals surface area contributed by atoms with Crippen LogP contribution in [0.3, 0.4) is 0 Å². The molecule has 0 aliphatic heterocycles. The van der Waals surface area contributed by atoms with Gasteiger partial charge in [-0.3, -0.25) is 4.79 Å². The van der Waals surface area contributed by atoms with E-state index in [1.807, 2.05) is 0 Å². The van der Waals surface area contributed by atoms with Crippen molar-refractivity contribution in [2.24, 2.45) is 5.92 Å². The highest BCUT2D eigenvalue weighted by molar-refractivity contribution is 7.87. The van der Waals surface area contributed by atoms with Crippen molar-refractivity contribution < 1.29 is 35.3 Å². The molecule has 0 N–H and O–H groups in total. The molecule has 0 fully saturated rings.